The Hall–Kier alpha value is -2.00. The van der Waals surface area contributed by atoms with E-state index < -0.39 is 0 Å². The molecule has 0 amide bonds. The number of esters is 1. The molecule has 0 atom stereocenters. The first kappa shape index (κ1) is 17.4. The van der Waals surface area contributed by atoms with Crippen LogP contribution in [0, 0.1) is 0 Å². The van der Waals surface area contributed by atoms with Crippen molar-refractivity contribution in [3.63, 3.8) is 0 Å². The van der Waals surface area contributed by atoms with E-state index in [1.807, 2.05) is 37.3 Å². The molecule has 0 N–H and O–H groups in total. The Balaban J connectivity index is 2.12. The number of aryl methyl sites for hydroxylation is 1. The minimum atomic E-state index is -0.274. The fourth-order valence-corrected chi connectivity index (χ4v) is 2.76. The van der Waals surface area contributed by atoms with Crippen LogP contribution in [0.1, 0.15) is 24.5 Å². The molecule has 0 aliphatic heterocycles. The normalized spacial score (nSPS) is 11.3. The van der Waals surface area contributed by atoms with Crippen molar-refractivity contribution < 1.29 is 9.53 Å². The van der Waals surface area contributed by atoms with Gasteiger partial charge in [-0.3, -0.25) is 0 Å². The van der Waals surface area contributed by atoms with Gasteiger partial charge in [0.15, 0.2) is 0 Å². The number of carbonyl (C=O) groups is 1. The van der Waals surface area contributed by atoms with E-state index in [1.165, 1.54) is 10.5 Å². The smallest absolute Gasteiger partial charge is 0.331 e. The van der Waals surface area contributed by atoms with Gasteiger partial charge in [-0.1, -0.05) is 42.5 Å². The Morgan fingerprint density at radius 2 is 1.78 bits per heavy atom. The van der Waals surface area contributed by atoms with E-state index >= 15 is 0 Å². The molecule has 0 saturated carbocycles. The van der Waals surface area contributed by atoms with Gasteiger partial charge in [-0.15, -0.1) is 11.8 Å². The first-order valence-corrected chi connectivity index (χ1v) is 9.01. The van der Waals surface area contributed by atoms with Crippen LogP contribution in [-0.2, 0) is 16.0 Å². The highest BCUT2D eigenvalue weighted by Gasteiger charge is 2.06. The molecule has 2 aromatic rings. The molecule has 0 spiro atoms. The van der Waals surface area contributed by atoms with Gasteiger partial charge < -0.3 is 4.74 Å². The third kappa shape index (κ3) is 5.61. The molecule has 2 rings (SSSR count). The third-order valence-corrected chi connectivity index (χ3v) is 4.31. The summed E-state index contributed by atoms with van der Waals surface area (Å²) in [5.74, 6) is -0.274. The van der Waals surface area contributed by atoms with Crippen molar-refractivity contribution in [1.82, 2.24) is 0 Å². The van der Waals surface area contributed by atoms with Gasteiger partial charge in [0.1, 0.15) is 0 Å². The fourth-order valence-electron chi connectivity index (χ4n) is 2.35. The summed E-state index contributed by atoms with van der Waals surface area (Å²) in [5.41, 5.74) is 3.35. The Bertz CT molecular complexity index is 645. The molecule has 0 heterocycles. The zero-order valence-electron chi connectivity index (χ0n) is 13.6. The van der Waals surface area contributed by atoms with Gasteiger partial charge in [0.25, 0.3) is 0 Å². The van der Waals surface area contributed by atoms with Crippen LogP contribution < -0.4 is 0 Å². The van der Waals surface area contributed by atoms with Gasteiger partial charge in [0.05, 0.1) is 6.61 Å². The lowest BCUT2D eigenvalue weighted by molar-refractivity contribution is -0.137. The maximum atomic E-state index is 11.8. The topological polar surface area (TPSA) is 26.3 Å². The van der Waals surface area contributed by atoms with Gasteiger partial charge in [-0.2, -0.15) is 0 Å². The van der Waals surface area contributed by atoms with E-state index in [0.717, 1.165) is 24.0 Å². The first-order chi connectivity index (χ1) is 11.2. The Morgan fingerprint density at radius 3 is 2.39 bits per heavy atom. The summed E-state index contributed by atoms with van der Waals surface area (Å²) in [7, 11) is 0. The van der Waals surface area contributed by atoms with E-state index in [1.54, 1.807) is 17.8 Å². The van der Waals surface area contributed by atoms with Crippen molar-refractivity contribution in [2.24, 2.45) is 0 Å². The van der Waals surface area contributed by atoms with Crippen molar-refractivity contribution in [3.05, 3.63) is 71.8 Å². The maximum absolute atomic E-state index is 11.8. The monoisotopic (exact) mass is 326 g/mol. The summed E-state index contributed by atoms with van der Waals surface area (Å²) < 4.78 is 5.06. The van der Waals surface area contributed by atoms with E-state index in [-0.39, 0.29) is 5.97 Å². The average Bonchev–Trinajstić information content (AvgIpc) is 2.60. The number of allylic oxidation sites excluding steroid dienone is 1. The van der Waals surface area contributed by atoms with Gasteiger partial charge in [-0.25, -0.2) is 4.79 Å². The van der Waals surface area contributed by atoms with Crippen molar-refractivity contribution in [3.8, 4) is 0 Å². The fraction of sp³-hybridized carbons (Fsp3) is 0.250. The zero-order valence-corrected chi connectivity index (χ0v) is 14.4. The van der Waals surface area contributed by atoms with Crippen molar-refractivity contribution in [1.29, 1.82) is 0 Å². The van der Waals surface area contributed by atoms with Crippen molar-refractivity contribution in [2.45, 2.75) is 24.7 Å². The maximum Gasteiger partial charge on any atom is 0.331 e. The van der Waals surface area contributed by atoms with E-state index in [2.05, 4.69) is 30.5 Å². The minimum absolute atomic E-state index is 0.274. The standard InChI is InChI=1S/C20H22O2S/c1-3-22-20(21)15-18(17-7-5-4-6-8-17)12-9-16-10-13-19(23-2)14-11-16/h4-8,10-11,13-15H,3,9,12H2,1-2H3/b18-15+. The highest BCUT2D eigenvalue weighted by atomic mass is 32.2. The Labute approximate surface area is 142 Å². The van der Waals surface area contributed by atoms with E-state index in [9.17, 15) is 4.79 Å². The second-order valence-electron chi connectivity index (χ2n) is 5.14. The molecular formula is C20H22O2S. The molecular weight excluding hydrogens is 304 g/mol. The lowest BCUT2D eigenvalue weighted by Gasteiger charge is -2.09. The highest BCUT2D eigenvalue weighted by Crippen LogP contribution is 2.22. The second kappa shape index (κ2) is 9.21. The summed E-state index contributed by atoms with van der Waals surface area (Å²) in [6.45, 7) is 2.22. The van der Waals surface area contributed by atoms with Crippen LogP contribution in [0.25, 0.3) is 5.57 Å². The van der Waals surface area contributed by atoms with Crippen LogP contribution in [0.4, 0.5) is 0 Å². The van der Waals surface area contributed by atoms with Crippen LogP contribution in [-0.4, -0.2) is 18.8 Å². The highest BCUT2D eigenvalue weighted by molar-refractivity contribution is 7.98. The van der Waals surface area contributed by atoms with Crippen LogP contribution in [0.15, 0.2) is 65.6 Å². The summed E-state index contributed by atoms with van der Waals surface area (Å²) in [4.78, 5) is 13.1. The van der Waals surface area contributed by atoms with E-state index in [4.69, 9.17) is 4.74 Å². The van der Waals surface area contributed by atoms with Crippen LogP contribution in [0.3, 0.4) is 0 Å². The van der Waals surface area contributed by atoms with Crippen LogP contribution in [0.5, 0.6) is 0 Å². The lowest BCUT2D eigenvalue weighted by Crippen LogP contribution is -2.01. The molecule has 0 fully saturated rings. The largest absolute Gasteiger partial charge is 0.463 e. The predicted octanol–water partition coefficient (Wildman–Crippen LogP) is 4.99. The average molecular weight is 326 g/mol. The number of hydrogen-bond donors (Lipinski definition) is 0. The van der Waals surface area contributed by atoms with Crippen LogP contribution in [0.2, 0.25) is 0 Å². The molecule has 23 heavy (non-hydrogen) atoms. The molecule has 0 aliphatic carbocycles. The molecule has 0 bridgehead atoms. The summed E-state index contributed by atoms with van der Waals surface area (Å²) in [5, 5.41) is 0. The molecule has 0 aromatic heterocycles. The zero-order chi connectivity index (χ0) is 16.5. The molecule has 0 unspecified atom stereocenters. The number of thioether (sulfide) groups is 1. The predicted molar refractivity (Wildman–Crippen MR) is 97.6 cm³/mol. The molecule has 3 heteroatoms. The van der Waals surface area contributed by atoms with Gasteiger partial charge in [0.2, 0.25) is 0 Å². The SMILES string of the molecule is CCOC(=O)/C=C(\CCc1ccc(SC)cc1)c1ccccc1. The van der Waals surface area contributed by atoms with Gasteiger partial charge >= 0.3 is 5.97 Å². The number of rotatable bonds is 7. The molecule has 2 nitrogen and oxygen atoms in total. The second-order valence-corrected chi connectivity index (χ2v) is 6.02. The Morgan fingerprint density at radius 1 is 1.09 bits per heavy atom. The van der Waals surface area contributed by atoms with Crippen molar-refractivity contribution >= 4 is 23.3 Å². The van der Waals surface area contributed by atoms with Crippen molar-refractivity contribution in [2.75, 3.05) is 12.9 Å². The molecule has 0 aliphatic rings. The Kier molecular flexibility index (Phi) is 6.95. The third-order valence-electron chi connectivity index (χ3n) is 3.57. The van der Waals surface area contributed by atoms with Gasteiger partial charge in [0, 0.05) is 11.0 Å². The molecule has 120 valence electrons. The minimum Gasteiger partial charge on any atom is -0.463 e. The summed E-state index contributed by atoms with van der Waals surface area (Å²) in [6.07, 6.45) is 5.40. The molecule has 0 radical (unpaired) electrons. The molecule has 2 aromatic carbocycles. The first-order valence-electron chi connectivity index (χ1n) is 7.78. The summed E-state index contributed by atoms with van der Waals surface area (Å²) >= 11 is 1.74. The van der Waals surface area contributed by atoms with Crippen LogP contribution >= 0.6 is 11.8 Å². The number of benzene rings is 2. The number of hydrogen-bond acceptors (Lipinski definition) is 3. The number of carbonyl (C=O) groups excluding carboxylic acids is 1. The summed E-state index contributed by atoms with van der Waals surface area (Å²) in [6, 6.07) is 18.6. The van der Waals surface area contributed by atoms with E-state index in [0.29, 0.717) is 6.61 Å². The molecule has 0 saturated heterocycles. The number of ether oxygens (including phenoxy) is 1. The lowest BCUT2D eigenvalue weighted by atomic mass is 9.98. The quantitative estimate of drug-likeness (QED) is 0.407. The van der Waals surface area contributed by atoms with Gasteiger partial charge in [-0.05, 0) is 54.9 Å².